The summed E-state index contributed by atoms with van der Waals surface area (Å²) in [5.41, 5.74) is 0. The van der Waals surface area contributed by atoms with Gasteiger partial charge in [0.15, 0.2) is 6.10 Å². The van der Waals surface area contributed by atoms with E-state index in [1.165, 1.54) is 289 Å². The number of unbranched alkanes of at least 4 members (excludes halogenated alkanes) is 49. The fourth-order valence-electron chi connectivity index (χ4n) is 10.8. The van der Waals surface area contributed by atoms with Gasteiger partial charge in [-0.3, -0.25) is 14.4 Å². The van der Waals surface area contributed by atoms with Gasteiger partial charge in [-0.05, 0) is 77.0 Å². The van der Waals surface area contributed by atoms with E-state index in [1.807, 2.05) is 0 Å². The van der Waals surface area contributed by atoms with Crippen LogP contribution in [0.5, 0.6) is 0 Å². The van der Waals surface area contributed by atoms with E-state index >= 15 is 0 Å². The smallest absolute Gasteiger partial charge is 0.306 e. The van der Waals surface area contributed by atoms with Gasteiger partial charge >= 0.3 is 17.9 Å². The molecule has 0 saturated heterocycles. The molecule has 0 radical (unpaired) electrons. The second-order valence-electron chi connectivity index (χ2n) is 24.1. The van der Waals surface area contributed by atoms with Crippen molar-refractivity contribution in [2.24, 2.45) is 0 Å². The molecule has 6 heteroatoms. The van der Waals surface area contributed by atoms with Crippen LogP contribution < -0.4 is 0 Å². The Bertz CT molecular complexity index is 1320. The lowest BCUT2D eigenvalue weighted by Crippen LogP contribution is -2.30. The molecule has 0 spiro atoms. The van der Waals surface area contributed by atoms with E-state index in [0.717, 1.165) is 64.2 Å². The van der Waals surface area contributed by atoms with Gasteiger partial charge in [0.25, 0.3) is 0 Å². The zero-order valence-corrected chi connectivity index (χ0v) is 53.4. The first-order valence-electron chi connectivity index (χ1n) is 35.5. The van der Waals surface area contributed by atoms with Crippen LogP contribution in [0.25, 0.3) is 0 Å². The Morgan fingerprint density at radius 3 is 0.709 bits per heavy atom. The van der Waals surface area contributed by atoms with Crippen LogP contribution in [0.4, 0.5) is 0 Å². The number of carbonyl (C=O) groups excluding carboxylic acids is 3. The summed E-state index contributed by atoms with van der Waals surface area (Å²) in [5.74, 6) is -0.843. The standard InChI is InChI=1S/C73H136O6/c1-4-7-10-13-16-19-22-25-27-29-30-31-32-33-34-35-36-37-38-39-40-41-42-44-45-48-51-54-57-60-63-66-72(75)78-69-70(68-77-71(74)65-62-59-56-53-50-47-24-21-18-15-12-9-6-3)79-73(76)67-64-61-58-55-52-49-46-43-28-26-23-20-17-14-11-8-5-2/h22,25-26,28-30,70H,4-21,23-24,27,31-69H2,1-3H3/b25-22-,28-26-,30-29-. The van der Waals surface area contributed by atoms with Crippen molar-refractivity contribution >= 4 is 17.9 Å². The fourth-order valence-corrected chi connectivity index (χ4v) is 10.8. The molecule has 0 aromatic carbocycles. The maximum Gasteiger partial charge on any atom is 0.306 e. The summed E-state index contributed by atoms with van der Waals surface area (Å²) in [4.78, 5) is 38.4. The Labute approximate surface area is 493 Å². The summed E-state index contributed by atoms with van der Waals surface area (Å²) in [7, 11) is 0. The SMILES string of the molecule is CCCCCCC/C=C\C/C=C\CCCCCCCCCCCCCCCCCCCCCC(=O)OCC(COC(=O)CCCCCCCCCCCCCCC)OC(=O)CCCCCCCCC/C=C\CCCCCCCC. The third-order valence-electron chi connectivity index (χ3n) is 16.1. The van der Waals surface area contributed by atoms with Crippen molar-refractivity contribution in [2.45, 2.75) is 399 Å². The molecule has 0 amide bonds. The largest absolute Gasteiger partial charge is 0.462 e. The maximum absolute atomic E-state index is 12.9. The molecule has 1 atom stereocenters. The molecule has 0 rings (SSSR count). The Morgan fingerprint density at radius 2 is 0.456 bits per heavy atom. The first-order chi connectivity index (χ1) is 39.0. The van der Waals surface area contributed by atoms with Crippen LogP contribution in [0.15, 0.2) is 36.5 Å². The highest BCUT2D eigenvalue weighted by atomic mass is 16.6. The van der Waals surface area contributed by atoms with Gasteiger partial charge in [-0.25, -0.2) is 0 Å². The van der Waals surface area contributed by atoms with E-state index in [0.29, 0.717) is 19.3 Å². The van der Waals surface area contributed by atoms with Gasteiger partial charge in [0.05, 0.1) is 0 Å². The van der Waals surface area contributed by atoms with Crippen LogP contribution >= 0.6 is 0 Å². The van der Waals surface area contributed by atoms with Crippen molar-refractivity contribution in [3.8, 4) is 0 Å². The Balaban J connectivity index is 4.14. The molecule has 0 saturated carbocycles. The van der Waals surface area contributed by atoms with Gasteiger partial charge in [-0.2, -0.15) is 0 Å². The maximum atomic E-state index is 12.9. The number of rotatable bonds is 66. The van der Waals surface area contributed by atoms with Crippen LogP contribution in [0, 0.1) is 0 Å². The monoisotopic (exact) mass is 1110 g/mol. The average Bonchev–Trinajstić information content (AvgIpc) is 3.45. The predicted octanol–water partition coefficient (Wildman–Crippen LogP) is 24.3. The number of esters is 3. The van der Waals surface area contributed by atoms with Crippen LogP contribution in [-0.4, -0.2) is 37.2 Å². The zero-order chi connectivity index (χ0) is 57.1. The molecule has 464 valence electrons. The van der Waals surface area contributed by atoms with Crippen molar-refractivity contribution in [1.29, 1.82) is 0 Å². The first kappa shape index (κ1) is 76.6. The summed E-state index contributed by atoms with van der Waals surface area (Å²) in [6.45, 7) is 6.69. The molecule has 0 aromatic heterocycles. The molecule has 0 bridgehead atoms. The highest BCUT2D eigenvalue weighted by Crippen LogP contribution is 2.18. The van der Waals surface area contributed by atoms with Gasteiger partial charge < -0.3 is 14.2 Å². The lowest BCUT2D eigenvalue weighted by atomic mass is 10.0. The quantitative estimate of drug-likeness (QED) is 0.0261. The molecule has 0 heterocycles. The minimum Gasteiger partial charge on any atom is -0.462 e. The van der Waals surface area contributed by atoms with Gasteiger partial charge in [0, 0.05) is 19.3 Å². The van der Waals surface area contributed by atoms with Gasteiger partial charge in [-0.1, -0.05) is 333 Å². The van der Waals surface area contributed by atoms with E-state index in [4.69, 9.17) is 14.2 Å². The van der Waals surface area contributed by atoms with Crippen molar-refractivity contribution in [3.63, 3.8) is 0 Å². The topological polar surface area (TPSA) is 78.9 Å². The number of hydrogen-bond acceptors (Lipinski definition) is 6. The summed E-state index contributed by atoms with van der Waals surface area (Å²) >= 11 is 0. The van der Waals surface area contributed by atoms with Crippen molar-refractivity contribution < 1.29 is 28.6 Å². The van der Waals surface area contributed by atoms with Crippen LogP contribution in [-0.2, 0) is 28.6 Å². The van der Waals surface area contributed by atoms with E-state index in [1.54, 1.807) is 0 Å². The number of hydrogen-bond donors (Lipinski definition) is 0. The molecule has 0 N–H and O–H groups in total. The molecule has 0 aliphatic carbocycles. The molecular formula is C73H136O6. The number of carbonyl (C=O) groups is 3. The zero-order valence-electron chi connectivity index (χ0n) is 53.4. The Hall–Kier alpha value is -2.37. The lowest BCUT2D eigenvalue weighted by molar-refractivity contribution is -0.167. The van der Waals surface area contributed by atoms with E-state index in [-0.39, 0.29) is 31.1 Å². The fraction of sp³-hybridized carbons (Fsp3) is 0.877. The molecule has 0 aliphatic heterocycles. The van der Waals surface area contributed by atoms with E-state index < -0.39 is 6.10 Å². The molecule has 79 heavy (non-hydrogen) atoms. The third kappa shape index (κ3) is 66.3. The van der Waals surface area contributed by atoms with Crippen molar-refractivity contribution in [2.75, 3.05) is 13.2 Å². The minimum atomic E-state index is -0.771. The van der Waals surface area contributed by atoms with Crippen molar-refractivity contribution in [3.05, 3.63) is 36.5 Å². The summed E-state index contributed by atoms with van der Waals surface area (Å²) in [6.07, 6.45) is 84.6. The van der Waals surface area contributed by atoms with Gasteiger partial charge in [0.2, 0.25) is 0 Å². The van der Waals surface area contributed by atoms with Crippen molar-refractivity contribution in [1.82, 2.24) is 0 Å². The molecular weight excluding hydrogens is 973 g/mol. The molecule has 0 aromatic rings. The second-order valence-corrected chi connectivity index (χ2v) is 24.1. The summed E-state index contributed by atoms with van der Waals surface area (Å²) < 4.78 is 17.0. The minimum absolute atomic E-state index is 0.0677. The Kier molecular flexibility index (Phi) is 66.1. The predicted molar refractivity (Wildman–Crippen MR) is 344 cm³/mol. The highest BCUT2D eigenvalue weighted by Gasteiger charge is 2.19. The molecule has 0 aliphatic rings. The molecule has 1 unspecified atom stereocenters. The van der Waals surface area contributed by atoms with Crippen LogP contribution in [0.2, 0.25) is 0 Å². The summed E-state index contributed by atoms with van der Waals surface area (Å²) in [6, 6.07) is 0. The van der Waals surface area contributed by atoms with Gasteiger partial charge in [0.1, 0.15) is 13.2 Å². The molecule has 6 nitrogen and oxygen atoms in total. The normalized spacial score (nSPS) is 12.2. The number of ether oxygens (including phenoxy) is 3. The van der Waals surface area contributed by atoms with Gasteiger partial charge in [-0.15, -0.1) is 0 Å². The average molecular weight is 1110 g/mol. The lowest BCUT2D eigenvalue weighted by Gasteiger charge is -2.18. The molecule has 0 fully saturated rings. The first-order valence-corrected chi connectivity index (χ1v) is 35.5. The Morgan fingerprint density at radius 1 is 0.253 bits per heavy atom. The van der Waals surface area contributed by atoms with E-state index in [2.05, 4.69) is 57.2 Å². The summed E-state index contributed by atoms with van der Waals surface area (Å²) in [5, 5.41) is 0. The third-order valence-corrected chi connectivity index (χ3v) is 16.1. The number of allylic oxidation sites excluding steroid dienone is 6. The highest BCUT2D eigenvalue weighted by molar-refractivity contribution is 5.71. The van der Waals surface area contributed by atoms with Crippen LogP contribution in [0.3, 0.4) is 0 Å². The van der Waals surface area contributed by atoms with Crippen LogP contribution in [0.1, 0.15) is 393 Å². The second kappa shape index (κ2) is 68.1. The van der Waals surface area contributed by atoms with E-state index in [9.17, 15) is 14.4 Å².